The number of aromatic nitrogens is 1. The minimum Gasteiger partial charge on any atom is -0.481 e. The van der Waals surface area contributed by atoms with Crippen molar-refractivity contribution in [2.75, 3.05) is 0 Å². The Morgan fingerprint density at radius 3 is 2.83 bits per heavy atom. The summed E-state index contributed by atoms with van der Waals surface area (Å²) < 4.78 is 0. The second kappa shape index (κ2) is 5.82. The molecule has 4 heteroatoms. The molecular formula is C8H9LiNO2. The van der Waals surface area contributed by atoms with E-state index in [1.165, 1.54) is 0 Å². The molecule has 1 aromatic heterocycles. The van der Waals surface area contributed by atoms with Crippen LogP contribution in [0.2, 0.25) is 0 Å². The van der Waals surface area contributed by atoms with Crippen LogP contribution >= 0.6 is 0 Å². The van der Waals surface area contributed by atoms with Gasteiger partial charge in [0.05, 0.1) is 0 Å². The molecular weight excluding hydrogens is 149 g/mol. The maximum atomic E-state index is 10.2. The Bertz CT molecular complexity index is 238. The first kappa shape index (κ1) is 11.2. The summed E-state index contributed by atoms with van der Waals surface area (Å²) in [6, 6.07) is 3.67. The molecule has 0 bridgehead atoms. The Morgan fingerprint density at radius 2 is 2.33 bits per heavy atom. The molecule has 12 heavy (non-hydrogen) atoms. The second-order valence-electron chi connectivity index (χ2n) is 2.26. The zero-order valence-corrected chi connectivity index (χ0v) is 7.03. The fraction of sp³-hybridized carbons (Fsp3) is 0.250. The van der Waals surface area contributed by atoms with E-state index in [9.17, 15) is 4.79 Å². The first-order valence-electron chi connectivity index (χ1n) is 3.40. The van der Waals surface area contributed by atoms with Crippen LogP contribution < -0.4 is 0 Å². The maximum absolute atomic E-state index is 10.2. The number of hydrogen-bond donors (Lipinski definition) is 1. The predicted octanol–water partition coefficient (Wildman–Crippen LogP) is 0.718. The molecule has 0 saturated carbocycles. The minimum absolute atomic E-state index is 0. The van der Waals surface area contributed by atoms with Gasteiger partial charge in [0.2, 0.25) is 0 Å². The summed E-state index contributed by atoms with van der Waals surface area (Å²) >= 11 is 0. The Hall–Kier alpha value is -0.783. The van der Waals surface area contributed by atoms with Crippen molar-refractivity contribution in [2.45, 2.75) is 12.8 Å². The molecule has 0 aliphatic rings. The summed E-state index contributed by atoms with van der Waals surface area (Å²) in [6.45, 7) is 0. The number of carbonyl (C=O) groups is 1. The summed E-state index contributed by atoms with van der Waals surface area (Å²) in [4.78, 5) is 14.0. The summed E-state index contributed by atoms with van der Waals surface area (Å²) in [5.41, 5.74) is 0.968. The largest absolute Gasteiger partial charge is 0.481 e. The summed E-state index contributed by atoms with van der Waals surface area (Å²) in [6.07, 6.45) is 4.09. The third-order valence-corrected chi connectivity index (χ3v) is 1.35. The molecule has 0 aliphatic carbocycles. The summed E-state index contributed by atoms with van der Waals surface area (Å²) in [5.74, 6) is -0.770. The van der Waals surface area contributed by atoms with Crippen LogP contribution in [0.25, 0.3) is 0 Å². The van der Waals surface area contributed by atoms with Crippen LogP contribution in [-0.2, 0) is 11.2 Å². The molecule has 59 valence electrons. The van der Waals surface area contributed by atoms with E-state index in [2.05, 4.69) is 4.98 Å². The Kier molecular flexibility index (Phi) is 5.44. The van der Waals surface area contributed by atoms with E-state index >= 15 is 0 Å². The molecule has 1 aromatic rings. The number of nitrogens with zero attached hydrogens (tertiary/aromatic N) is 1. The number of rotatable bonds is 3. The first-order valence-corrected chi connectivity index (χ1v) is 3.40. The van der Waals surface area contributed by atoms with Gasteiger partial charge in [0.1, 0.15) is 0 Å². The van der Waals surface area contributed by atoms with Crippen molar-refractivity contribution in [2.24, 2.45) is 0 Å². The van der Waals surface area contributed by atoms with Crippen molar-refractivity contribution in [1.82, 2.24) is 4.98 Å². The quantitative estimate of drug-likeness (QED) is 0.659. The van der Waals surface area contributed by atoms with Crippen LogP contribution in [0.1, 0.15) is 12.0 Å². The number of aryl methyl sites for hydroxylation is 1. The Balaban J connectivity index is 0.00000121. The molecule has 1 heterocycles. The van der Waals surface area contributed by atoms with E-state index in [1.807, 2.05) is 6.07 Å². The molecule has 0 aliphatic heterocycles. The zero-order chi connectivity index (χ0) is 8.10. The van der Waals surface area contributed by atoms with E-state index in [4.69, 9.17) is 5.11 Å². The normalized spacial score (nSPS) is 8.67. The van der Waals surface area contributed by atoms with Gasteiger partial charge in [-0.25, -0.2) is 0 Å². The molecule has 0 amide bonds. The SMILES string of the molecule is O=C(O)CCc1cccnc1.[Li]. The van der Waals surface area contributed by atoms with Gasteiger partial charge in [-0.2, -0.15) is 0 Å². The molecule has 1 rings (SSSR count). The fourth-order valence-corrected chi connectivity index (χ4v) is 0.797. The Morgan fingerprint density at radius 1 is 1.58 bits per heavy atom. The molecule has 3 nitrogen and oxygen atoms in total. The summed E-state index contributed by atoms with van der Waals surface area (Å²) in [7, 11) is 0. The van der Waals surface area contributed by atoms with Gasteiger partial charge in [0.15, 0.2) is 0 Å². The van der Waals surface area contributed by atoms with E-state index in [-0.39, 0.29) is 25.3 Å². The van der Waals surface area contributed by atoms with Gasteiger partial charge in [0, 0.05) is 37.7 Å². The van der Waals surface area contributed by atoms with E-state index in [0.29, 0.717) is 6.42 Å². The topological polar surface area (TPSA) is 50.2 Å². The van der Waals surface area contributed by atoms with Crippen molar-refractivity contribution in [3.8, 4) is 0 Å². The molecule has 0 fully saturated rings. The summed E-state index contributed by atoms with van der Waals surface area (Å²) in [5, 5.41) is 8.35. The fourth-order valence-electron chi connectivity index (χ4n) is 0.797. The van der Waals surface area contributed by atoms with Crippen LogP contribution in [0.5, 0.6) is 0 Å². The van der Waals surface area contributed by atoms with Gasteiger partial charge >= 0.3 is 5.97 Å². The van der Waals surface area contributed by atoms with Gasteiger partial charge < -0.3 is 5.11 Å². The monoisotopic (exact) mass is 158 g/mol. The molecule has 1 N–H and O–H groups in total. The van der Waals surface area contributed by atoms with Crippen molar-refractivity contribution >= 4 is 24.8 Å². The van der Waals surface area contributed by atoms with E-state index < -0.39 is 5.97 Å². The van der Waals surface area contributed by atoms with Crippen LogP contribution in [0.15, 0.2) is 24.5 Å². The van der Waals surface area contributed by atoms with Gasteiger partial charge in [-0.3, -0.25) is 9.78 Å². The third-order valence-electron chi connectivity index (χ3n) is 1.35. The number of hydrogen-bond acceptors (Lipinski definition) is 2. The van der Waals surface area contributed by atoms with Crippen molar-refractivity contribution in [3.63, 3.8) is 0 Å². The second-order valence-corrected chi connectivity index (χ2v) is 2.26. The molecule has 1 radical (unpaired) electrons. The van der Waals surface area contributed by atoms with Crippen LogP contribution in [0.3, 0.4) is 0 Å². The number of carboxylic acid groups (broad SMARTS) is 1. The standard InChI is InChI=1S/C8H9NO2.Li/c10-8(11)4-3-7-2-1-5-9-6-7;/h1-2,5-6H,3-4H2,(H,10,11);. The average molecular weight is 158 g/mol. The van der Waals surface area contributed by atoms with Crippen LogP contribution in [0, 0.1) is 0 Å². The van der Waals surface area contributed by atoms with E-state index in [0.717, 1.165) is 5.56 Å². The molecule has 0 atom stereocenters. The Labute approximate surface area is 83.0 Å². The van der Waals surface area contributed by atoms with Crippen molar-refractivity contribution in [3.05, 3.63) is 30.1 Å². The van der Waals surface area contributed by atoms with Crippen LogP contribution in [0.4, 0.5) is 0 Å². The zero-order valence-electron chi connectivity index (χ0n) is 7.03. The molecule has 0 saturated heterocycles. The first-order chi connectivity index (χ1) is 5.29. The van der Waals surface area contributed by atoms with E-state index in [1.54, 1.807) is 18.5 Å². The van der Waals surface area contributed by atoms with Gasteiger partial charge in [-0.15, -0.1) is 0 Å². The molecule has 0 spiro atoms. The van der Waals surface area contributed by atoms with Crippen molar-refractivity contribution in [1.29, 1.82) is 0 Å². The predicted molar refractivity (Wildman–Crippen MR) is 45.9 cm³/mol. The number of carboxylic acids is 1. The minimum atomic E-state index is -0.770. The van der Waals surface area contributed by atoms with Crippen LogP contribution in [-0.4, -0.2) is 34.9 Å². The smallest absolute Gasteiger partial charge is 0.303 e. The third kappa shape index (κ3) is 4.17. The average Bonchev–Trinajstić information content (AvgIpc) is 2.03. The number of aliphatic carboxylic acids is 1. The van der Waals surface area contributed by atoms with Gasteiger partial charge in [-0.05, 0) is 18.1 Å². The molecule has 0 aromatic carbocycles. The maximum Gasteiger partial charge on any atom is 0.303 e. The molecule has 0 unspecified atom stereocenters. The van der Waals surface area contributed by atoms with Gasteiger partial charge in [-0.1, -0.05) is 6.07 Å². The van der Waals surface area contributed by atoms with Crippen molar-refractivity contribution < 1.29 is 9.90 Å². The number of pyridine rings is 1. The van der Waals surface area contributed by atoms with Gasteiger partial charge in [0.25, 0.3) is 0 Å².